The van der Waals surface area contributed by atoms with Gasteiger partial charge in [-0.25, -0.2) is 4.79 Å². The van der Waals surface area contributed by atoms with E-state index >= 15 is 0 Å². The number of Topliss-reactive ketones (excluding diaryl/α,β-unsaturated/α-hetero) is 1. The Morgan fingerprint density at radius 2 is 1.94 bits per heavy atom. The molecule has 1 N–H and O–H groups in total. The van der Waals surface area contributed by atoms with Crippen molar-refractivity contribution in [3.8, 4) is 11.5 Å². The number of benzene rings is 1. The predicted molar refractivity (Wildman–Crippen MR) is 130 cm³/mol. The number of ether oxygens (including phenoxy) is 3. The van der Waals surface area contributed by atoms with Gasteiger partial charge in [-0.1, -0.05) is 13.8 Å². The van der Waals surface area contributed by atoms with E-state index in [0.29, 0.717) is 31.5 Å². The van der Waals surface area contributed by atoms with Gasteiger partial charge >= 0.3 is 5.97 Å². The van der Waals surface area contributed by atoms with Crippen LogP contribution < -0.4 is 9.47 Å². The van der Waals surface area contributed by atoms with Gasteiger partial charge in [-0.3, -0.25) is 4.79 Å². The number of carbonyl (C=O) groups excluding carboxylic acids is 1. The van der Waals surface area contributed by atoms with Crippen LogP contribution in [0.1, 0.15) is 63.5 Å². The number of allylic oxidation sites excluding steroid dienone is 1. The minimum Gasteiger partial charge on any atom is -0.493 e. The van der Waals surface area contributed by atoms with Crippen LogP contribution >= 0.6 is 0 Å². The van der Waals surface area contributed by atoms with Crippen LogP contribution in [-0.2, 0) is 20.7 Å². The first kappa shape index (κ1) is 22.8. The highest BCUT2D eigenvalue weighted by atomic mass is 16.5. The Hall–Kier alpha value is -2.60. The van der Waals surface area contributed by atoms with Gasteiger partial charge in [0.15, 0.2) is 5.78 Å². The van der Waals surface area contributed by atoms with E-state index in [4.69, 9.17) is 14.2 Å². The molecule has 1 saturated heterocycles. The van der Waals surface area contributed by atoms with Crippen molar-refractivity contribution in [2.75, 3.05) is 19.8 Å². The molecule has 186 valence electrons. The highest BCUT2D eigenvalue weighted by Crippen LogP contribution is 2.55. The smallest absolute Gasteiger partial charge is 0.339 e. The molecule has 2 unspecified atom stereocenters. The Balaban J connectivity index is 1.55. The Labute approximate surface area is 206 Å². The maximum absolute atomic E-state index is 12.9. The zero-order valence-electron chi connectivity index (χ0n) is 20.6. The SMILES string of the molecule is CCc1cc2c(cc1OCC1CC1)OC(C1(C)COC1)C1=C2C(C2CC2)CCC(=O)C(C(=O)O)=C1. The molecule has 6 rings (SSSR count). The first-order valence-corrected chi connectivity index (χ1v) is 13.1. The summed E-state index contributed by atoms with van der Waals surface area (Å²) in [6.45, 7) is 6.09. The van der Waals surface area contributed by atoms with Crippen LogP contribution in [0.4, 0.5) is 0 Å². The molecule has 0 spiro atoms. The highest BCUT2D eigenvalue weighted by molar-refractivity contribution is 6.17. The normalized spacial score (nSPS) is 27.5. The largest absolute Gasteiger partial charge is 0.493 e. The number of carboxylic acid groups (broad SMARTS) is 1. The van der Waals surface area contributed by atoms with Crippen LogP contribution in [0, 0.1) is 23.2 Å². The third kappa shape index (κ3) is 4.10. The van der Waals surface area contributed by atoms with Crippen molar-refractivity contribution in [1.29, 1.82) is 0 Å². The maximum Gasteiger partial charge on any atom is 0.339 e. The molecule has 1 aromatic carbocycles. The predicted octanol–water partition coefficient (Wildman–Crippen LogP) is 4.99. The second kappa shape index (κ2) is 8.51. The zero-order chi connectivity index (χ0) is 24.3. The molecule has 0 bridgehead atoms. The van der Waals surface area contributed by atoms with E-state index in [1.807, 2.05) is 0 Å². The molecule has 0 amide bonds. The molecule has 35 heavy (non-hydrogen) atoms. The number of hydrogen-bond acceptors (Lipinski definition) is 5. The van der Waals surface area contributed by atoms with Gasteiger partial charge in [0.05, 0.1) is 25.2 Å². The Morgan fingerprint density at radius 1 is 1.17 bits per heavy atom. The number of ketones is 1. The standard InChI is InChI=1S/C29H34O6/c1-3-17-10-21-25(12-24(17)34-13-16-4-5-16)35-27(29(2)14-33-15-29)22-11-20(28(31)32)23(30)9-8-19(26(21)22)18-6-7-18/h10-12,16,18-19,27H,3-9,13-15H2,1-2H3,(H,31,32). The van der Waals surface area contributed by atoms with Gasteiger partial charge in [-0.15, -0.1) is 0 Å². The lowest BCUT2D eigenvalue weighted by Crippen LogP contribution is -2.53. The second-order valence-electron chi connectivity index (χ2n) is 11.3. The van der Waals surface area contributed by atoms with Crippen LogP contribution in [0.2, 0.25) is 0 Å². The molecule has 5 aliphatic rings. The first-order chi connectivity index (χ1) is 16.9. The number of carbonyl (C=O) groups is 2. The Bertz CT molecular complexity index is 1130. The van der Waals surface area contributed by atoms with E-state index in [1.54, 1.807) is 6.08 Å². The Kier molecular flexibility index (Phi) is 5.55. The Morgan fingerprint density at radius 3 is 2.54 bits per heavy atom. The molecule has 3 fully saturated rings. The van der Waals surface area contributed by atoms with Crippen LogP contribution in [-0.4, -0.2) is 42.8 Å². The fourth-order valence-corrected chi connectivity index (χ4v) is 5.92. The zero-order valence-corrected chi connectivity index (χ0v) is 20.6. The summed E-state index contributed by atoms with van der Waals surface area (Å²) in [5.74, 6) is 1.66. The fraction of sp³-hybridized carbons (Fsp3) is 0.586. The molecular formula is C29H34O6. The molecule has 6 nitrogen and oxygen atoms in total. The van der Waals surface area contributed by atoms with Gasteiger partial charge in [0, 0.05) is 18.1 Å². The molecule has 3 aliphatic carbocycles. The van der Waals surface area contributed by atoms with Crippen molar-refractivity contribution in [2.45, 2.75) is 64.9 Å². The van der Waals surface area contributed by atoms with Crippen molar-refractivity contribution in [1.82, 2.24) is 0 Å². The van der Waals surface area contributed by atoms with Crippen molar-refractivity contribution in [3.05, 3.63) is 40.5 Å². The van der Waals surface area contributed by atoms with Crippen molar-refractivity contribution in [3.63, 3.8) is 0 Å². The van der Waals surface area contributed by atoms with Crippen LogP contribution in [0.15, 0.2) is 29.4 Å². The number of aryl methyl sites for hydroxylation is 1. The monoisotopic (exact) mass is 478 g/mol. The van der Waals surface area contributed by atoms with Crippen LogP contribution in [0.25, 0.3) is 5.57 Å². The third-order valence-electron chi connectivity index (χ3n) is 8.41. The summed E-state index contributed by atoms with van der Waals surface area (Å²) in [5.41, 5.74) is 3.82. The number of rotatable bonds is 7. The van der Waals surface area contributed by atoms with E-state index in [9.17, 15) is 14.7 Å². The molecular weight excluding hydrogens is 444 g/mol. The maximum atomic E-state index is 12.9. The van der Waals surface area contributed by atoms with Gasteiger partial charge in [-0.05, 0) is 85.1 Å². The molecule has 2 saturated carbocycles. The van der Waals surface area contributed by atoms with E-state index in [2.05, 4.69) is 26.0 Å². The molecule has 2 heterocycles. The summed E-state index contributed by atoms with van der Waals surface area (Å²) in [7, 11) is 0. The summed E-state index contributed by atoms with van der Waals surface area (Å²) in [5, 5.41) is 9.89. The van der Waals surface area contributed by atoms with Crippen molar-refractivity contribution in [2.24, 2.45) is 23.2 Å². The first-order valence-electron chi connectivity index (χ1n) is 13.1. The average molecular weight is 479 g/mol. The lowest BCUT2D eigenvalue weighted by Gasteiger charge is -2.48. The second-order valence-corrected chi connectivity index (χ2v) is 11.3. The third-order valence-corrected chi connectivity index (χ3v) is 8.41. The van der Waals surface area contributed by atoms with Crippen molar-refractivity contribution >= 4 is 17.3 Å². The molecule has 6 heteroatoms. The van der Waals surface area contributed by atoms with Gasteiger partial charge in [-0.2, -0.15) is 0 Å². The fourth-order valence-electron chi connectivity index (χ4n) is 5.92. The lowest BCUT2D eigenvalue weighted by atomic mass is 9.70. The molecule has 2 atom stereocenters. The minimum atomic E-state index is -1.16. The molecule has 2 aliphatic heterocycles. The van der Waals surface area contributed by atoms with Gasteiger partial charge in [0.2, 0.25) is 0 Å². The summed E-state index contributed by atoms with van der Waals surface area (Å²) < 4.78 is 18.6. The van der Waals surface area contributed by atoms with Gasteiger partial charge in [0.25, 0.3) is 0 Å². The summed E-state index contributed by atoms with van der Waals surface area (Å²) in [6.07, 6.45) is 7.81. The highest BCUT2D eigenvalue weighted by Gasteiger charge is 2.50. The van der Waals surface area contributed by atoms with Gasteiger partial charge in [0.1, 0.15) is 23.2 Å². The lowest BCUT2D eigenvalue weighted by molar-refractivity contribution is -0.143. The summed E-state index contributed by atoms with van der Waals surface area (Å²) in [6, 6.07) is 4.27. The van der Waals surface area contributed by atoms with Gasteiger partial charge < -0.3 is 19.3 Å². The quantitative estimate of drug-likeness (QED) is 0.556. The summed E-state index contributed by atoms with van der Waals surface area (Å²) >= 11 is 0. The van der Waals surface area contributed by atoms with Crippen molar-refractivity contribution < 1.29 is 28.9 Å². The number of fused-ring (bicyclic) bond motifs is 2. The van der Waals surface area contributed by atoms with E-state index in [-0.39, 0.29) is 35.2 Å². The van der Waals surface area contributed by atoms with E-state index in [0.717, 1.165) is 54.1 Å². The topological polar surface area (TPSA) is 82.1 Å². The number of carboxylic acids is 1. The van der Waals surface area contributed by atoms with Crippen LogP contribution in [0.5, 0.6) is 11.5 Å². The van der Waals surface area contributed by atoms with E-state index < -0.39 is 5.97 Å². The molecule has 0 aromatic heterocycles. The average Bonchev–Trinajstić information content (AvgIpc) is 3.72. The van der Waals surface area contributed by atoms with Crippen LogP contribution in [0.3, 0.4) is 0 Å². The molecule has 1 aromatic rings. The van der Waals surface area contributed by atoms with E-state index in [1.165, 1.54) is 18.4 Å². The minimum absolute atomic E-state index is 0.132. The number of aliphatic carboxylic acids is 1. The summed E-state index contributed by atoms with van der Waals surface area (Å²) in [4.78, 5) is 25.0. The number of hydrogen-bond donors (Lipinski definition) is 1. The molecule has 0 radical (unpaired) electrons.